The van der Waals surface area contributed by atoms with Crippen LogP contribution in [0.2, 0.25) is 0 Å². The van der Waals surface area contributed by atoms with Crippen molar-refractivity contribution in [3.8, 4) is 11.5 Å². The number of phenols is 1. The molecule has 0 atom stereocenters. The Morgan fingerprint density at radius 2 is 1.96 bits per heavy atom. The summed E-state index contributed by atoms with van der Waals surface area (Å²) in [6.45, 7) is 0.113. The molecular weight excluding hydrogens is 305 g/mol. The zero-order chi connectivity index (χ0) is 16.8. The number of nitrogens with one attached hydrogen (secondary N) is 1. The standard InChI is InChI=1S/C16H14FNO5/c17-11-3-1-2-10(6-11)9-23-12-4-5-13(14(19)7-12)18-15(20)8-16(21)22/h1-7,19H,8-9H2,(H,18,20)(H,21,22). The molecule has 2 rings (SSSR count). The first kappa shape index (κ1) is 16.3. The highest BCUT2D eigenvalue weighted by Crippen LogP contribution is 2.28. The van der Waals surface area contributed by atoms with E-state index in [0.717, 1.165) is 0 Å². The van der Waals surface area contributed by atoms with Crippen molar-refractivity contribution in [3.63, 3.8) is 0 Å². The number of carbonyl (C=O) groups is 2. The van der Waals surface area contributed by atoms with E-state index in [4.69, 9.17) is 9.84 Å². The summed E-state index contributed by atoms with van der Waals surface area (Å²) in [5, 5.41) is 20.6. The first-order valence-electron chi connectivity index (χ1n) is 6.66. The lowest BCUT2D eigenvalue weighted by atomic mass is 10.2. The Morgan fingerprint density at radius 3 is 2.61 bits per heavy atom. The molecule has 2 aromatic carbocycles. The number of rotatable bonds is 6. The van der Waals surface area contributed by atoms with E-state index in [1.807, 2.05) is 0 Å². The number of amides is 1. The number of aliphatic carboxylic acids is 1. The van der Waals surface area contributed by atoms with E-state index in [9.17, 15) is 19.1 Å². The van der Waals surface area contributed by atoms with Crippen LogP contribution < -0.4 is 10.1 Å². The number of carboxylic acids is 1. The quantitative estimate of drug-likeness (QED) is 0.561. The second kappa shape index (κ2) is 7.26. The molecule has 120 valence electrons. The Morgan fingerprint density at radius 1 is 1.17 bits per heavy atom. The number of hydrogen-bond acceptors (Lipinski definition) is 4. The summed E-state index contributed by atoms with van der Waals surface area (Å²) in [6.07, 6.45) is -0.697. The largest absolute Gasteiger partial charge is 0.506 e. The van der Waals surface area contributed by atoms with Gasteiger partial charge in [-0.1, -0.05) is 12.1 Å². The van der Waals surface area contributed by atoms with Crippen LogP contribution >= 0.6 is 0 Å². The van der Waals surface area contributed by atoms with Gasteiger partial charge in [-0.25, -0.2) is 4.39 Å². The third-order valence-electron chi connectivity index (χ3n) is 2.85. The van der Waals surface area contributed by atoms with Crippen molar-refractivity contribution in [2.24, 2.45) is 0 Å². The van der Waals surface area contributed by atoms with Crippen molar-refractivity contribution in [2.45, 2.75) is 13.0 Å². The molecule has 23 heavy (non-hydrogen) atoms. The Kier molecular flexibility index (Phi) is 5.14. The Bertz CT molecular complexity index is 732. The molecule has 6 nitrogen and oxygen atoms in total. The van der Waals surface area contributed by atoms with E-state index < -0.39 is 18.3 Å². The molecule has 0 radical (unpaired) electrons. The van der Waals surface area contributed by atoms with Crippen LogP contribution in [-0.4, -0.2) is 22.1 Å². The van der Waals surface area contributed by atoms with Crippen LogP contribution in [0.1, 0.15) is 12.0 Å². The normalized spacial score (nSPS) is 10.1. The maximum absolute atomic E-state index is 13.0. The van der Waals surface area contributed by atoms with Crippen LogP contribution in [0, 0.1) is 5.82 Å². The van der Waals surface area contributed by atoms with E-state index in [1.165, 1.54) is 30.3 Å². The molecule has 2 aromatic rings. The summed E-state index contributed by atoms with van der Waals surface area (Å²) < 4.78 is 18.5. The van der Waals surface area contributed by atoms with Crippen molar-refractivity contribution in [3.05, 3.63) is 53.8 Å². The topological polar surface area (TPSA) is 95.9 Å². The van der Waals surface area contributed by atoms with Gasteiger partial charge in [0.2, 0.25) is 5.91 Å². The first-order chi connectivity index (χ1) is 10.9. The summed E-state index contributed by atoms with van der Waals surface area (Å²) in [5.41, 5.74) is 0.706. The van der Waals surface area contributed by atoms with Crippen molar-refractivity contribution in [2.75, 3.05) is 5.32 Å². The van der Waals surface area contributed by atoms with Gasteiger partial charge >= 0.3 is 5.97 Å². The van der Waals surface area contributed by atoms with Crippen LogP contribution in [0.5, 0.6) is 11.5 Å². The summed E-state index contributed by atoms with van der Waals surface area (Å²) in [5.74, 6) is -2.33. The number of hydrogen-bond donors (Lipinski definition) is 3. The fourth-order valence-electron chi connectivity index (χ4n) is 1.83. The molecule has 0 unspecified atom stereocenters. The maximum Gasteiger partial charge on any atom is 0.312 e. The van der Waals surface area contributed by atoms with Gasteiger partial charge in [-0.2, -0.15) is 0 Å². The van der Waals surface area contributed by atoms with Gasteiger partial charge < -0.3 is 20.3 Å². The number of anilines is 1. The second-order valence-corrected chi connectivity index (χ2v) is 4.72. The molecule has 3 N–H and O–H groups in total. The molecule has 7 heteroatoms. The van der Waals surface area contributed by atoms with Gasteiger partial charge in [-0.3, -0.25) is 9.59 Å². The van der Waals surface area contributed by atoms with Crippen LogP contribution in [0.4, 0.5) is 10.1 Å². The molecule has 0 aliphatic carbocycles. The van der Waals surface area contributed by atoms with E-state index in [1.54, 1.807) is 12.1 Å². The lowest BCUT2D eigenvalue weighted by molar-refractivity contribution is -0.139. The molecule has 0 bridgehead atoms. The minimum atomic E-state index is -1.27. The SMILES string of the molecule is O=C(O)CC(=O)Nc1ccc(OCc2cccc(F)c2)cc1O. The fourth-order valence-corrected chi connectivity index (χ4v) is 1.83. The third-order valence-corrected chi connectivity index (χ3v) is 2.85. The van der Waals surface area contributed by atoms with Gasteiger partial charge in [0.15, 0.2) is 0 Å². The lowest BCUT2D eigenvalue weighted by Gasteiger charge is -2.10. The van der Waals surface area contributed by atoms with Crippen molar-refractivity contribution in [1.82, 2.24) is 0 Å². The fraction of sp³-hybridized carbons (Fsp3) is 0.125. The van der Waals surface area contributed by atoms with E-state index >= 15 is 0 Å². The summed E-state index contributed by atoms with van der Waals surface area (Å²) >= 11 is 0. The molecule has 0 saturated heterocycles. The van der Waals surface area contributed by atoms with Gasteiger partial charge in [-0.05, 0) is 29.8 Å². The molecule has 0 aliphatic rings. The molecule has 1 amide bonds. The van der Waals surface area contributed by atoms with E-state index in [-0.39, 0.29) is 23.9 Å². The number of aromatic hydroxyl groups is 1. The number of carboxylic acid groups (broad SMARTS) is 1. The smallest absolute Gasteiger partial charge is 0.312 e. The average Bonchev–Trinajstić information content (AvgIpc) is 2.47. The third kappa shape index (κ3) is 4.99. The molecule has 0 saturated carbocycles. The number of benzene rings is 2. The predicted molar refractivity (Wildman–Crippen MR) is 79.7 cm³/mol. The van der Waals surface area contributed by atoms with Gasteiger partial charge in [0.05, 0.1) is 5.69 Å². The van der Waals surface area contributed by atoms with Crippen molar-refractivity contribution in [1.29, 1.82) is 0 Å². The molecule has 0 spiro atoms. The van der Waals surface area contributed by atoms with E-state index in [0.29, 0.717) is 11.3 Å². The average molecular weight is 319 g/mol. The first-order valence-corrected chi connectivity index (χ1v) is 6.66. The zero-order valence-corrected chi connectivity index (χ0v) is 12.0. The molecule has 0 aromatic heterocycles. The van der Waals surface area contributed by atoms with Crippen molar-refractivity contribution < 1.29 is 28.9 Å². The van der Waals surface area contributed by atoms with Gasteiger partial charge in [-0.15, -0.1) is 0 Å². The van der Waals surface area contributed by atoms with Crippen LogP contribution in [0.15, 0.2) is 42.5 Å². The van der Waals surface area contributed by atoms with Gasteiger partial charge in [0.1, 0.15) is 30.3 Å². The van der Waals surface area contributed by atoms with Crippen LogP contribution in [0.3, 0.4) is 0 Å². The van der Waals surface area contributed by atoms with Gasteiger partial charge in [0.25, 0.3) is 0 Å². The highest BCUT2D eigenvalue weighted by atomic mass is 19.1. The summed E-state index contributed by atoms with van der Waals surface area (Å²) in [4.78, 5) is 21.7. The molecular formula is C16H14FNO5. The highest BCUT2D eigenvalue weighted by Gasteiger charge is 2.11. The Balaban J connectivity index is 1.98. The van der Waals surface area contributed by atoms with Crippen LogP contribution in [0.25, 0.3) is 0 Å². The number of halogens is 1. The summed E-state index contributed by atoms with van der Waals surface area (Å²) in [7, 11) is 0. The number of carbonyl (C=O) groups excluding carboxylic acids is 1. The molecule has 0 aliphatic heterocycles. The predicted octanol–water partition coefficient (Wildman–Crippen LogP) is 2.52. The molecule has 0 fully saturated rings. The van der Waals surface area contributed by atoms with Crippen LogP contribution in [-0.2, 0) is 16.2 Å². The van der Waals surface area contributed by atoms with Crippen molar-refractivity contribution >= 4 is 17.6 Å². The minimum absolute atomic E-state index is 0.0781. The zero-order valence-electron chi connectivity index (χ0n) is 12.0. The highest BCUT2D eigenvalue weighted by molar-refractivity contribution is 6.02. The van der Waals surface area contributed by atoms with Gasteiger partial charge in [0, 0.05) is 6.07 Å². The Hall–Kier alpha value is -3.09. The Labute approximate surface area is 131 Å². The number of ether oxygens (including phenoxy) is 1. The minimum Gasteiger partial charge on any atom is -0.506 e. The number of phenolic OH excluding ortho intramolecular Hbond substituents is 1. The van der Waals surface area contributed by atoms with E-state index in [2.05, 4.69) is 5.32 Å². The maximum atomic E-state index is 13.0. The molecule has 0 heterocycles. The monoisotopic (exact) mass is 319 g/mol. The summed E-state index contributed by atoms with van der Waals surface area (Å²) in [6, 6.07) is 10.1. The lowest BCUT2D eigenvalue weighted by Crippen LogP contribution is -2.15. The second-order valence-electron chi connectivity index (χ2n) is 4.72.